The fourth-order valence-corrected chi connectivity index (χ4v) is 2.00. The molecule has 7 heteroatoms. The topological polar surface area (TPSA) is 106 Å². The van der Waals surface area contributed by atoms with E-state index in [0.717, 1.165) is 38.5 Å². The molecule has 0 aliphatic heterocycles. The molecule has 1 aromatic heterocycles. The van der Waals surface area contributed by atoms with E-state index in [1.54, 1.807) is 7.05 Å². The lowest BCUT2D eigenvalue weighted by Crippen LogP contribution is -2.35. The molecule has 0 spiro atoms. The lowest BCUT2D eigenvalue weighted by molar-refractivity contribution is -0.121. The molecular formula is C14H27N5O2. The van der Waals surface area contributed by atoms with Crippen LogP contribution in [-0.4, -0.2) is 36.2 Å². The van der Waals surface area contributed by atoms with Crippen LogP contribution in [0.25, 0.3) is 0 Å². The number of likely N-dealkylation sites (N-methyl/N-ethyl adjacent to an activating group) is 1. The van der Waals surface area contributed by atoms with Gasteiger partial charge in [-0.15, -0.1) is 0 Å². The number of hydrogen-bond donors (Lipinski definition) is 3. The minimum Gasteiger partial charge on any atom is -0.343 e. The Hall–Kier alpha value is -1.47. The standard InChI is InChI=1S/C14H27N5O2/c1-3-4-8-12-18-14(21-19-12)11(7-5-6-9-15)17-13(20)10-16-2/h11,16H,3-10,15H2,1-2H3,(H,17,20). The lowest BCUT2D eigenvalue weighted by atomic mass is 10.1. The van der Waals surface area contributed by atoms with Gasteiger partial charge >= 0.3 is 0 Å². The van der Waals surface area contributed by atoms with Gasteiger partial charge in [-0.25, -0.2) is 0 Å². The van der Waals surface area contributed by atoms with Crippen molar-refractivity contribution in [3.05, 3.63) is 11.7 Å². The smallest absolute Gasteiger partial charge is 0.249 e. The molecule has 0 saturated heterocycles. The van der Waals surface area contributed by atoms with Crippen molar-refractivity contribution in [3.63, 3.8) is 0 Å². The maximum absolute atomic E-state index is 11.8. The Kier molecular flexibility index (Phi) is 8.61. The minimum absolute atomic E-state index is 0.0800. The van der Waals surface area contributed by atoms with E-state index in [9.17, 15) is 4.79 Å². The van der Waals surface area contributed by atoms with Gasteiger partial charge in [-0.05, 0) is 39.3 Å². The third-order valence-corrected chi connectivity index (χ3v) is 3.16. The predicted octanol–water partition coefficient (Wildman–Crippen LogP) is 0.918. The molecule has 0 saturated carbocycles. The molecule has 4 N–H and O–H groups in total. The molecule has 1 unspecified atom stereocenters. The van der Waals surface area contributed by atoms with Crippen molar-refractivity contribution in [2.45, 2.75) is 51.5 Å². The summed E-state index contributed by atoms with van der Waals surface area (Å²) in [4.78, 5) is 16.1. The zero-order chi connectivity index (χ0) is 15.5. The summed E-state index contributed by atoms with van der Waals surface area (Å²) in [6.45, 7) is 3.03. The van der Waals surface area contributed by atoms with Gasteiger partial charge < -0.3 is 20.9 Å². The quantitative estimate of drug-likeness (QED) is 0.524. The molecule has 1 heterocycles. The highest BCUT2D eigenvalue weighted by Crippen LogP contribution is 2.18. The number of hydrogen-bond acceptors (Lipinski definition) is 6. The highest BCUT2D eigenvalue weighted by Gasteiger charge is 2.20. The Morgan fingerprint density at radius 1 is 1.38 bits per heavy atom. The number of amides is 1. The average Bonchev–Trinajstić information content (AvgIpc) is 2.93. The maximum atomic E-state index is 11.8. The molecule has 21 heavy (non-hydrogen) atoms. The number of aryl methyl sites for hydroxylation is 1. The summed E-state index contributed by atoms with van der Waals surface area (Å²) in [5.41, 5.74) is 5.51. The molecule has 0 fully saturated rings. The van der Waals surface area contributed by atoms with Gasteiger partial charge in [0.15, 0.2) is 5.82 Å². The third kappa shape index (κ3) is 6.68. The Labute approximate surface area is 126 Å². The van der Waals surface area contributed by atoms with E-state index >= 15 is 0 Å². The van der Waals surface area contributed by atoms with Crippen LogP contribution in [0.1, 0.15) is 56.8 Å². The number of carbonyl (C=O) groups is 1. The van der Waals surface area contributed by atoms with Crippen LogP contribution in [0.15, 0.2) is 4.52 Å². The van der Waals surface area contributed by atoms with E-state index < -0.39 is 0 Å². The summed E-state index contributed by atoms with van der Waals surface area (Å²) in [5.74, 6) is 1.12. The molecule has 0 bridgehead atoms. The summed E-state index contributed by atoms with van der Waals surface area (Å²) >= 11 is 0. The number of nitrogens with two attached hydrogens (primary N) is 1. The van der Waals surface area contributed by atoms with Crippen LogP contribution in [0.2, 0.25) is 0 Å². The zero-order valence-corrected chi connectivity index (χ0v) is 13.0. The van der Waals surface area contributed by atoms with Crippen LogP contribution in [0, 0.1) is 0 Å². The van der Waals surface area contributed by atoms with Gasteiger partial charge in [0.2, 0.25) is 11.8 Å². The van der Waals surface area contributed by atoms with Crippen molar-refractivity contribution in [3.8, 4) is 0 Å². The van der Waals surface area contributed by atoms with Gasteiger partial charge in [0, 0.05) is 6.42 Å². The van der Waals surface area contributed by atoms with Crippen LogP contribution in [-0.2, 0) is 11.2 Å². The molecule has 120 valence electrons. The number of rotatable bonds is 11. The lowest BCUT2D eigenvalue weighted by Gasteiger charge is -2.14. The van der Waals surface area contributed by atoms with E-state index in [2.05, 4.69) is 27.7 Å². The van der Waals surface area contributed by atoms with Gasteiger partial charge in [0.1, 0.15) is 6.04 Å². The van der Waals surface area contributed by atoms with Gasteiger partial charge in [-0.3, -0.25) is 4.79 Å². The molecule has 1 aromatic rings. The highest BCUT2D eigenvalue weighted by atomic mass is 16.5. The van der Waals surface area contributed by atoms with Crippen molar-refractivity contribution >= 4 is 5.91 Å². The summed E-state index contributed by atoms with van der Waals surface area (Å²) < 4.78 is 5.31. The molecule has 1 atom stereocenters. The molecule has 0 aliphatic carbocycles. The summed E-state index contributed by atoms with van der Waals surface area (Å²) in [6.07, 6.45) is 5.50. The minimum atomic E-state index is -0.236. The molecule has 1 rings (SSSR count). The van der Waals surface area contributed by atoms with Crippen molar-refractivity contribution in [1.82, 2.24) is 20.8 Å². The van der Waals surface area contributed by atoms with Gasteiger partial charge in [0.25, 0.3) is 0 Å². The predicted molar refractivity (Wildman–Crippen MR) is 80.6 cm³/mol. The van der Waals surface area contributed by atoms with Gasteiger partial charge in [0.05, 0.1) is 6.54 Å². The monoisotopic (exact) mass is 297 g/mol. The number of aromatic nitrogens is 2. The largest absolute Gasteiger partial charge is 0.343 e. The first-order chi connectivity index (χ1) is 10.2. The first-order valence-corrected chi connectivity index (χ1v) is 7.67. The van der Waals surface area contributed by atoms with Crippen molar-refractivity contribution in [2.75, 3.05) is 20.1 Å². The van der Waals surface area contributed by atoms with Crippen LogP contribution in [0.4, 0.5) is 0 Å². The van der Waals surface area contributed by atoms with Crippen LogP contribution in [0.5, 0.6) is 0 Å². The van der Waals surface area contributed by atoms with E-state index in [1.165, 1.54) is 0 Å². The van der Waals surface area contributed by atoms with E-state index in [4.69, 9.17) is 10.3 Å². The second kappa shape index (κ2) is 10.3. The zero-order valence-electron chi connectivity index (χ0n) is 13.0. The summed E-state index contributed by atoms with van der Waals surface area (Å²) in [5, 5.41) is 9.73. The van der Waals surface area contributed by atoms with E-state index in [1.807, 2.05) is 0 Å². The first-order valence-electron chi connectivity index (χ1n) is 7.67. The van der Waals surface area contributed by atoms with Crippen LogP contribution < -0.4 is 16.4 Å². The average molecular weight is 297 g/mol. The van der Waals surface area contributed by atoms with Crippen molar-refractivity contribution in [2.24, 2.45) is 5.73 Å². The highest BCUT2D eigenvalue weighted by molar-refractivity contribution is 5.78. The van der Waals surface area contributed by atoms with Crippen molar-refractivity contribution in [1.29, 1.82) is 0 Å². The third-order valence-electron chi connectivity index (χ3n) is 3.16. The van der Waals surface area contributed by atoms with Crippen LogP contribution in [0.3, 0.4) is 0 Å². The molecule has 0 radical (unpaired) electrons. The van der Waals surface area contributed by atoms with Gasteiger partial charge in [-0.2, -0.15) is 4.98 Å². The second-order valence-electron chi connectivity index (χ2n) is 5.09. The first kappa shape index (κ1) is 17.6. The van der Waals surface area contributed by atoms with E-state index in [-0.39, 0.29) is 18.5 Å². The molecule has 0 aromatic carbocycles. The SMILES string of the molecule is CCCCc1noc(C(CCCCN)NC(=O)CNC)n1. The normalized spacial score (nSPS) is 12.3. The molecule has 7 nitrogen and oxygen atoms in total. The molecule has 0 aliphatic rings. The number of unbranched alkanes of at least 4 members (excludes halogenated alkanes) is 2. The Morgan fingerprint density at radius 2 is 2.19 bits per heavy atom. The Balaban J connectivity index is 2.64. The second-order valence-corrected chi connectivity index (χ2v) is 5.09. The number of nitrogens with one attached hydrogen (secondary N) is 2. The number of nitrogens with zero attached hydrogens (tertiary/aromatic N) is 2. The van der Waals surface area contributed by atoms with Crippen molar-refractivity contribution < 1.29 is 9.32 Å². The summed E-state index contributed by atoms with van der Waals surface area (Å²) in [7, 11) is 1.73. The Bertz CT molecular complexity index is 408. The summed E-state index contributed by atoms with van der Waals surface area (Å²) in [6, 6.07) is -0.236. The Morgan fingerprint density at radius 3 is 2.86 bits per heavy atom. The fraction of sp³-hybridized carbons (Fsp3) is 0.786. The maximum Gasteiger partial charge on any atom is 0.249 e. The van der Waals surface area contributed by atoms with E-state index in [0.29, 0.717) is 18.3 Å². The fourth-order valence-electron chi connectivity index (χ4n) is 2.00. The number of carbonyl (C=O) groups excluding carboxylic acids is 1. The van der Waals surface area contributed by atoms with Crippen LogP contribution >= 0.6 is 0 Å². The molecular weight excluding hydrogens is 270 g/mol. The molecule has 1 amide bonds. The van der Waals surface area contributed by atoms with Gasteiger partial charge in [-0.1, -0.05) is 18.5 Å².